The first-order chi connectivity index (χ1) is 12.6. The first kappa shape index (κ1) is 15.9. The molecule has 0 aliphatic rings. The highest BCUT2D eigenvalue weighted by molar-refractivity contribution is 5.91. The third-order valence-corrected chi connectivity index (χ3v) is 3.78. The average molecular weight is 351 g/mol. The van der Waals surface area contributed by atoms with Gasteiger partial charge in [-0.3, -0.25) is 0 Å². The molecule has 0 saturated heterocycles. The fourth-order valence-corrected chi connectivity index (χ4v) is 2.59. The molecule has 0 aliphatic heterocycles. The Kier molecular flexibility index (Phi) is 3.92. The van der Waals surface area contributed by atoms with Crippen molar-refractivity contribution in [2.45, 2.75) is 13.5 Å². The summed E-state index contributed by atoms with van der Waals surface area (Å²) in [6.45, 7) is 1.92. The molecular weight excluding hydrogens is 337 g/mol. The van der Waals surface area contributed by atoms with Crippen LogP contribution in [-0.4, -0.2) is 25.3 Å². The Morgan fingerprint density at radius 1 is 1.12 bits per heavy atom. The van der Waals surface area contributed by atoms with Crippen LogP contribution in [0.5, 0.6) is 5.75 Å². The number of fused-ring (bicyclic) bond motifs is 1. The number of anilines is 1. The van der Waals surface area contributed by atoms with Crippen LogP contribution in [0.15, 0.2) is 46.9 Å². The van der Waals surface area contributed by atoms with Crippen molar-refractivity contribution in [1.29, 1.82) is 0 Å². The molecule has 0 fully saturated rings. The van der Waals surface area contributed by atoms with E-state index in [-0.39, 0.29) is 12.3 Å². The maximum absolute atomic E-state index is 13.7. The van der Waals surface area contributed by atoms with Gasteiger partial charge in [-0.15, -0.1) is 10.2 Å². The Bertz CT molecular complexity index is 1100. The first-order valence-corrected chi connectivity index (χ1v) is 7.88. The van der Waals surface area contributed by atoms with Crippen molar-refractivity contribution in [1.82, 2.24) is 20.2 Å². The van der Waals surface area contributed by atoms with Crippen LogP contribution >= 0.6 is 0 Å². The number of aromatic nitrogens is 4. The zero-order valence-electron chi connectivity index (χ0n) is 13.8. The lowest BCUT2D eigenvalue weighted by atomic mass is 10.1. The fraction of sp³-hybridized carbons (Fsp3) is 0.111. The van der Waals surface area contributed by atoms with Crippen LogP contribution in [0, 0.1) is 12.7 Å². The van der Waals surface area contributed by atoms with Gasteiger partial charge in [0.15, 0.2) is 5.82 Å². The number of aryl methyl sites for hydroxylation is 1. The Morgan fingerprint density at radius 2 is 1.96 bits per heavy atom. The topological polar surface area (TPSA) is 97.0 Å². The second-order valence-electron chi connectivity index (χ2n) is 5.64. The summed E-state index contributed by atoms with van der Waals surface area (Å²) in [4.78, 5) is 8.89. The summed E-state index contributed by atoms with van der Waals surface area (Å²) in [5.41, 5.74) is 1.03. The van der Waals surface area contributed by atoms with E-state index in [1.807, 2.05) is 0 Å². The van der Waals surface area contributed by atoms with Gasteiger partial charge in [-0.1, -0.05) is 12.1 Å². The molecule has 26 heavy (non-hydrogen) atoms. The molecular formula is C18H14FN5O2. The number of nitrogens with one attached hydrogen (secondary N) is 1. The van der Waals surface area contributed by atoms with Crippen molar-refractivity contribution in [2.75, 3.05) is 5.32 Å². The lowest BCUT2D eigenvalue weighted by molar-refractivity contribution is 0.474. The molecule has 4 aromatic rings. The normalized spacial score (nSPS) is 11.0. The van der Waals surface area contributed by atoms with E-state index in [4.69, 9.17) is 4.42 Å². The molecule has 4 rings (SSSR count). The Morgan fingerprint density at radius 3 is 2.73 bits per heavy atom. The first-order valence-electron chi connectivity index (χ1n) is 7.88. The van der Waals surface area contributed by atoms with Crippen LogP contribution in [0.3, 0.4) is 0 Å². The van der Waals surface area contributed by atoms with Gasteiger partial charge in [0, 0.05) is 12.3 Å². The number of phenolic OH excluding ortho intramolecular Hbond substituents is 1. The number of phenols is 1. The van der Waals surface area contributed by atoms with Gasteiger partial charge in [0.2, 0.25) is 11.8 Å². The minimum Gasteiger partial charge on any atom is -0.507 e. The van der Waals surface area contributed by atoms with E-state index < -0.39 is 5.82 Å². The Labute approximate surface area is 147 Å². The molecule has 0 bridgehead atoms. The van der Waals surface area contributed by atoms with Gasteiger partial charge in [0.25, 0.3) is 0 Å². The third kappa shape index (κ3) is 3.04. The van der Waals surface area contributed by atoms with Crippen molar-refractivity contribution in [3.63, 3.8) is 0 Å². The van der Waals surface area contributed by atoms with Gasteiger partial charge in [-0.05, 0) is 30.3 Å². The predicted molar refractivity (Wildman–Crippen MR) is 93.0 cm³/mol. The van der Waals surface area contributed by atoms with Crippen molar-refractivity contribution in [3.05, 3.63) is 60.1 Å². The number of nitrogens with zero attached hydrogens (tertiary/aromatic N) is 4. The summed E-state index contributed by atoms with van der Waals surface area (Å²) < 4.78 is 19.0. The van der Waals surface area contributed by atoms with Crippen molar-refractivity contribution in [3.8, 4) is 17.1 Å². The highest BCUT2D eigenvalue weighted by atomic mass is 19.1. The molecule has 2 heterocycles. The molecule has 8 heteroatoms. The fourth-order valence-electron chi connectivity index (χ4n) is 2.59. The zero-order chi connectivity index (χ0) is 18.1. The molecule has 0 spiro atoms. The zero-order valence-corrected chi connectivity index (χ0v) is 13.8. The molecule has 0 unspecified atom stereocenters. The summed E-state index contributed by atoms with van der Waals surface area (Å²) in [7, 11) is 0. The molecule has 2 aromatic carbocycles. The SMILES string of the molecule is Cc1nnc(CNc2nc(-c3ccccc3O)nc3ccc(F)cc23)o1. The standard InChI is InChI=1S/C18H14FN5O2/c1-10-23-24-16(26-10)9-20-17-13-8-11(19)6-7-14(13)21-18(22-17)12-4-2-3-5-15(12)25/h2-8,25H,9H2,1H3,(H,20,21,22). The molecule has 2 N–H and O–H groups in total. The number of rotatable bonds is 4. The van der Waals surface area contributed by atoms with E-state index in [1.165, 1.54) is 12.1 Å². The molecule has 7 nitrogen and oxygen atoms in total. The third-order valence-electron chi connectivity index (χ3n) is 3.78. The monoisotopic (exact) mass is 351 g/mol. The maximum atomic E-state index is 13.7. The molecule has 0 saturated carbocycles. The highest BCUT2D eigenvalue weighted by Crippen LogP contribution is 2.30. The van der Waals surface area contributed by atoms with Crippen LogP contribution < -0.4 is 5.32 Å². The van der Waals surface area contributed by atoms with Gasteiger partial charge in [0.1, 0.15) is 17.4 Å². The molecule has 0 atom stereocenters. The van der Waals surface area contributed by atoms with Crippen molar-refractivity contribution < 1.29 is 13.9 Å². The molecule has 0 amide bonds. The van der Waals surface area contributed by atoms with Gasteiger partial charge in [-0.2, -0.15) is 0 Å². The van der Waals surface area contributed by atoms with E-state index in [1.54, 1.807) is 37.3 Å². The van der Waals surface area contributed by atoms with E-state index >= 15 is 0 Å². The summed E-state index contributed by atoms with van der Waals surface area (Å²) >= 11 is 0. The van der Waals surface area contributed by atoms with E-state index in [0.29, 0.717) is 39.9 Å². The van der Waals surface area contributed by atoms with E-state index in [0.717, 1.165) is 0 Å². The quantitative estimate of drug-likeness (QED) is 0.581. The number of para-hydroxylation sites is 1. The van der Waals surface area contributed by atoms with Crippen LogP contribution in [0.1, 0.15) is 11.8 Å². The van der Waals surface area contributed by atoms with Crippen LogP contribution in [0.25, 0.3) is 22.3 Å². The van der Waals surface area contributed by atoms with Crippen LogP contribution in [0.2, 0.25) is 0 Å². The maximum Gasteiger partial charge on any atom is 0.235 e. The lowest BCUT2D eigenvalue weighted by Gasteiger charge is -2.10. The summed E-state index contributed by atoms with van der Waals surface area (Å²) in [6.07, 6.45) is 0. The molecule has 0 aliphatic carbocycles. The van der Waals surface area contributed by atoms with Crippen LogP contribution in [-0.2, 0) is 6.54 Å². The Hall–Kier alpha value is -3.55. The highest BCUT2D eigenvalue weighted by Gasteiger charge is 2.13. The van der Waals surface area contributed by atoms with Gasteiger partial charge in [0.05, 0.1) is 17.6 Å². The van der Waals surface area contributed by atoms with E-state index in [2.05, 4.69) is 25.5 Å². The summed E-state index contributed by atoms with van der Waals surface area (Å²) in [5.74, 6) is 1.24. The van der Waals surface area contributed by atoms with Crippen molar-refractivity contribution >= 4 is 16.7 Å². The van der Waals surface area contributed by atoms with Crippen molar-refractivity contribution in [2.24, 2.45) is 0 Å². The van der Waals surface area contributed by atoms with E-state index in [9.17, 15) is 9.50 Å². The number of hydrogen-bond acceptors (Lipinski definition) is 7. The minimum atomic E-state index is -0.395. The van der Waals surface area contributed by atoms with Crippen LogP contribution in [0.4, 0.5) is 10.2 Å². The predicted octanol–water partition coefficient (Wildman–Crippen LogP) is 3.45. The van der Waals surface area contributed by atoms with Gasteiger partial charge in [-0.25, -0.2) is 14.4 Å². The minimum absolute atomic E-state index is 0.0624. The second kappa shape index (κ2) is 6.40. The number of hydrogen-bond donors (Lipinski definition) is 2. The smallest absolute Gasteiger partial charge is 0.235 e. The summed E-state index contributed by atoms with van der Waals surface area (Å²) in [5, 5.41) is 21.4. The lowest BCUT2D eigenvalue weighted by Crippen LogP contribution is -2.05. The summed E-state index contributed by atoms with van der Waals surface area (Å²) in [6, 6.07) is 11.0. The second-order valence-corrected chi connectivity index (χ2v) is 5.64. The number of aromatic hydroxyl groups is 1. The van der Waals surface area contributed by atoms with Gasteiger partial charge < -0.3 is 14.8 Å². The Balaban J connectivity index is 1.80. The number of benzene rings is 2. The molecule has 0 radical (unpaired) electrons. The van der Waals surface area contributed by atoms with Gasteiger partial charge >= 0.3 is 0 Å². The molecule has 2 aromatic heterocycles. The largest absolute Gasteiger partial charge is 0.507 e. The number of halogens is 1. The average Bonchev–Trinajstić information content (AvgIpc) is 3.05. The molecule has 130 valence electrons.